The molecule has 1 aromatic carbocycles. The molecule has 0 fully saturated rings. The number of hydrogen-bond acceptors (Lipinski definition) is 5. The molecule has 3 rings (SSSR count). The largest absolute Gasteiger partial charge is 0.497 e. The minimum Gasteiger partial charge on any atom is -0.497 e. The molecule has 2 aromatic rings. The molecule has 130 valence electrons. The summed E-state index contributed by atoms with van der Waals surface area (Å²) in [5, 5.41) is 0. The fourth-order valence-corrected chi connectivity index (χ4v) is 3.10. The molecule has 0 radical (unpaired) electrons. The van der Waals surface area contributed by atoms with Crippen LogP contribution in [0, 0.1) is 0 Å². The van der Waals surface area contributed by atoms with Gasteiger partial charge >= 0.3 is 5.97 Å². The number of ketones is 1. The highest BCUT2D eigenvalue weighted by Gasteiger charge is 2.29. The van der Waals surface area contributed by atoms with E-state index in [4.69, 9.17) is 9.47 Å². The van der Waals surface area contributed by atoms with Crippen molar-refractivity contribution in [2.24, 2.45) is 0 Å². The number of H-pyrrole nitrogens is 1. The number of fused-ring (bicyclic) bond motifs is 1. The zero-order chi connectivity index (χ0) is 18.0. The molecule has 0 aliphatic heterocycles. The molecule has 0 spiro atoms. The standard InChI is InChI=1S/C19H19NO5/c1-3-25-19(23)15-10-14-16(20-18(15)22)8-12(9-17(14)21)11-4-6-13(24-2)7-5-11/h4-7,10,12H,3,8-9H2,1-2H3,(H,20,22). The first-order valence-electron chi connectivity index (χ1n) is 8.14. The third-order valence-electron chi connectivity index (χ3n) is 4.39. The van der Waals surface area contributed by atoms with Crippen molar-refractivity contribution in [2.45, 2.75) is 25.7 Å². The normalized spacial score (nSPS) is 16.2. The Kier molecular flexibility index (Phi) is 4.70. The number of carbonyl (C=O) groups is 2. The minimum absolute atomic E-state index is 0.0185. The Morgan fingerprint density at radius 2 is 1.92 bits per heavy atom. The topological polar surface area (TPSA) is 85.5 Å². The average molecular weight is 341 g/mol. The first kappa shape index (κ1) is 17.0. The molecular weight excluding hydrogens is 322 g/mol. The van der Waals surface area contributed by atoms with Crippen molar-refractivity contribution in [1.82, 2.24) is 4.98 Å². The Labute approximate surface area is 144 Å². The lowest BCUT2D eigenvalue weighted by atomic mass is 9.81. The SMILES string of the molecule is CCOC(=O)c1cc2c([nH]c1=O)CC(c1ccc(OC)cc1)CC2=O. The maximum atomic E-state index is 12.5. The fourth-order valence-electron chi connectivity index (χ4n) is 3.10. The minimum atomic E-state index is -0.711. The predicted molar refractivity (Wildman–Crippen MR) is 91.4 cm³/mol. The number of carbonyl (C=O) groups excluding carboxylic acids is 2. The van der Waals surface area contributed by atoms with E-state index in [-0.39, 0.29) is 23.9 Å². The summed E-state index contributed by atoms with van der Waals surface area (Å²) < 4.78 is 10.0. The number of rotatable bonds is 4. The second-order valence-corrected chi connectivity index (χ2v) is 5.93. The molecule has 6 heteroatoms. The van der Waals surface area contributed by atoms with Crippen molar-refractivity contribution in [2.75, 3.05) is 13.7 Å². The van der Waals surface area contributed by atoms with E-state index in [2.05, 4.69) is 4.98 Å². The number of benzene rings is 1. The number of hydrogen-bond donors (Lipinski definition) is 1. The van der Waals surface area contributed by atoms with Crippen LogP contribution in [0.5, 0.6) is 5.75 Å². The van der Waals surface area contributed by atoms with Gasteiger partial charge < -0.3 is 14.5 Å². The van der Waals surface area contributed by atoms with Crippen molar-refractivity contribution in [3.05, 3.63) is 63.1 Å². The summed E-state index contributed by atoms with van der Waals surface area (Å²) in [4.78, 5) is 39.2. The van der Waals surface area contributed by atoms with Gasteiger partial charge in [-0.1, -0.05) is 12.1 Å². The van der Waals surface area contributed by atoms with Gasteiger partial charge in [-0.25, -0.2) is 4.79 Å². The molecule has 1 aliphatic carbocycles. The summed E-state index contributed by atoms with van der Waals surface area (Å²) >= 11 is 0. The van der Waals surface area contributed by atoms with Gasteiger partial charge in [-0.3, -0.25) is 9.59 Å². The fraction of sp³-hybridized carbons (Fsp3) is 0.316. The van der Waals surface area contributed by atoms with Crippen molar-refractivity contribution in [3.8, 4) is 5.75 Å². The number of nitrogens with one attached hydrogen (secondary N) is 1. The molecule has 1 N–H and O–H groups in total. The van der Waals surface area contributed by atoms with E-state index in [0.717, 1.165) is 11.3 Å². The van der Waals surface area contributed by atoms with E-state index in [1.54, 1.807) is 14.0 Å². The maximum absolute atomic E-state index is 12.5. The Bertz CT molecular complexity index is 866. The number of aromatic amines is 1. The Morgan fingerprint density at radius 1 is 1.20 bits per heavy atom. The number of esters is 1. The molecule has 1 aromatic heterocycles. The van der Waals surface area contributed by atoms with Crippen LogP contribution in [0.2, 0.25) is 0 Å². The average Bonchev–Trinajstić information content (AvgIpc) is 2.61. The quantitative estimate of drug-likeness (QED) is 0.864. The summed E-state index contributed by atoms with van der Waals surface area (Å²) in [5.41, 5.74) is 1.31. The van der Waals surface area contributed by atoms with Crippen LogP contribution in [0.1, 0.15) is 51.2 Å². The van der Waals surface area contributed by atoms with Gasteiger partial charge in [0.1, 0.15) is 11.3 Å². The number of ether oxygens (including phenoxy) is 2. The van der Waals surface area contributed by atoms with Gasteiger partial charge in [-0.2, -0.15) is 0 Å². The van der Waals surface area contributed by atoms with E-state index in [0.29, 0.717) is 24.1 Å². The second kappa shape index (κ2) is 6.93. The van der Waals surface area contributed by atoms with E-state index in [1.807, 2.05) is 24.3 Å². The lowest BCUT2D eigenvalue weighted by Crippen LogP contribution is -2.28. The number of pyridine rings is 1. The number of aromatic nitrogens is 1. The van der Waals surface area contributed by atoms with E-state index >= 15 is 0 Å². The Balaban J connectivity index is 1.92. The summed E-state index contributed by atoms with van der Waals surface area (Å²) in [7, 11) is 1.60. The molecule has 0 saturated heterocycles. The van der Waals surface area contributed by atoms with Crippen LogP contribution in [-0.2, 0) is 11.2 Å². The summed E-state index contributed by atoms with van der Waals surface area (Å²) in [6.07, 6.45) is 0.861. The van der Waals surface area contributed by atoms with Gasteiger partial charge in [0, 0.05) is 17.7 Å². The molecule has 0 saturated carbocycles. The van der Waals surface area contributed by atoms with Gasteiger partial charge in [-0.15, -0.1) is 0 Å². The molecule has 0 amide bonds. The molecule has 0 bridgehead atoms. The van der Waals surface area contributed by atoms with Gasteiger partial charge in [0.15, 0.2) is 5.78 Å². The van der Waals surface area contributed by atoms with Gasteiger partial charge in [0.25, 0.3) is 5.56 Å². The zero-order valence-electron chi connectivity index (χ0n) is 14.1. The highest BCUT2D eigenvalue weighted by atomic mass is 16.5. The van der Waals surface area contributed by atoms with E-state index in [9.17, 15) is 14.4 Å². The van der Waals surface area contributed by atoms with Gasteiger partial charge in [0.2, 0.25) is 0 Å². The van der Waals surface area contributed by atoms with Crippen molar-refractivity contribution < 1.29 is 19.1 Å². The molecule has 1 unspecified atom stereocenters. The highest BCUT2D eigenvalue weighted by molar-refractivity contribution is 6.01. The van der Waals surface area contributed by atoms with E-state index in [1.165, 1.54) is 6.07 Å². The first-order chi connectivity index (χ1) is 12.0. The maximum Gasteiger partial charge on any atom is 0.343 e. The van der Waals surface area contributed by atoms with Crippen LogP contribution in [0.4, 0.5) is 0 Å². The summed E-state index contributed by atoms with van der Waals surface area (Å²) in [6, 6.07) is 8.91. The Hall–Kier alpha value is -2.89. The van der Waals surface area contributed by atoms with E-state index < -0.39 is 11.5 Å². The molecule has 1 aliphatic rings. The molecule has 25 heavy (non-hydrogen) atoms. The number of methoxy groups -OCH3 is 1. The van der Waals surface area contributed by atoms with Crippen LogP contribution in [0.25, 0.3) is 0 Å². The van der Waals surface area contributed by atoms with Crippen LogP contribution in [-0.4, -0.2) is 30.5 Å². The summed E-state index contributed by atoms with van der Waals surface area (Å²) in [5.74, 6) is -0.0748. The molecule has 6 nitrogen and oxygen atoms in total. The lowest BCUT2D eigenvalue weighted by Gasteiger charge is -2.24. The van der Waals surface area contributed by atoms with Crippen LogP contribution in [0.3, 0.4) is 0 Å². The number of Topliss-reactive ketones (excluding diaryl/α,β-unsaturated/α-hetero) is 1. The summed E-state index contributed by atoms with van der Waals surface area (Å²) in [6.45, 7) is 1.83. The highest BCUT2D eigenvalue weighted by Crippen LogP contribution is 2.32. The molecular formula is C19H19NO5. The van der Waals surface area contributed by atoms with Crippen LogP contribution in [0.15, 0.2) is 35.1 Å². The monoisotopic (exact) mass is 341 g/mol. The second-order valence-electron chi connectivity index (χ2n) is 5.93. The first-order valence-corrected chi connectivity index (χ1v) is 8.14. The van der Waals surface area contributed by atoms with Gasteiger partial charge in [-0.05, 0) is 43.0 Å². The Morgan fingerprint density at radius 3 is 2.56 bits per heavy atom. The zero-order valence-corrected chi connectivity index (χ0v) is 14.1. The third kappa shape index (κ3) is 3.33. The lowest BCUT2D eigenvalue weighted by molar-refractivity contribution is 0.0524. The van der Waals surface area contributed by atoms with Crippen molar-refractivity contribution in [1.29, 1.82) is 0 Å². The van der Waals surface area contributed by atoms with Crippen LogP contribution >= 0.6 is 0 Å². The smallest absolute Gasteiger partial charge is 0.343 e. The van der Waals surface area contributed by atoms with Crippen molar-refractivity contribution in [3.63, 3.8) is 0 Å². The third-order valence-corrected chi connectivity index (χ3v) is 4.39. The van der Waals surface area contributed by atoms with Crippen LogP contribution < -0.4 is 10.3 Å². The predicted octanol–water partition coefficient (Wildman–Crippen LogP) is 2.47. The molecule has 1 atom stereocenters. The van der Waals surface area contributed by atoms with Gasteiger partial charge in [0.05, 0.1) is 13.7 Å². The van der Waals surface area contributed by atoms with Crippen molar-refractivity contribution >= 4 is 11.8 Å². The molecule has 1 heterocycles.